The number of aryl methyl sites for hydroxylation is 1. The molecule has 0 aliphatic carbocycles. The van der Waals surface area contributed by atoms with Gasteiger partial charge in [-0.3, -0.25) is 4.79 Å². The molecule has 0 fully saturated rings. The third-order valence-corrected chi connectivity index (χ3v) is 3.00. The van der Waals surface area contributed by atoms with Crippen molar-refractivity contribution in [3.63, 3.8) is 0 Å². The average molecular weight is 284 g/mol. The number of nitrogen functional groups attached to an aromatic ring is 1. The van der Waals surface area contributed by atoms with Gasteiger partial charge in [-0.25, -0.2) is 0 Å². The summed E-state index contributed by atoms with van der Waals surface area (Å²) in [5.74, 6) is 0.768. The molecule has 0 atom stereocenters. The second kappa shape index (κ2) is 7.33. The Kier molecular flexibility index (Phi) is 5.21. The maximum absolute atomic E-state index is 11.8. The lowest BCUT2D eigenvalue weighted by molar-refractivity contribution is -0.116. The third-order valence-electron chi connectivity index (χ3n) is 3.00. The Balaban J connectivity index is 1.68. The van der Waals surface area contributed by atoms with E-state index in [1.165, 1.54) is 0 Å². The van der Waals surface area contributed by atoms with E-state index in [1.54, 1.807) is 12.1 Å². The number of nitrogens with two attached hydrogens (primary N) is 1. The summed E-state index contributed by atoms with van der Waals surface area (Å²) in [6.45, 7) is 2.50. The molecule has 0 aliphatic heterocycles. The van der Waals surface area contributed by atoms with Crippen LogP contribution in [0.3, 0.4) is 0 Å². The molecular weight excluding hydrogens is 264 g/mol. The van der Waals surface area contributed by atoms with Crippen molar-refractivity contribution in [3.05, 3.63) is 54.1 Å². The van der Waals surface area contributed by atoms with Gasteiger partial charge in [0.2, 0.25) is 5.91 Å². The zero-order valence-electron chi connectivity index (χ0n) is 12.1. The number of hydrogen-bond donors (Lipinski definition) is 2. The number of benzene rings is 2. The molecule has 21 heavy (non-hydrogen) atoms. The number of anilines is 2. The third kappa shape index (κ3) is 5.18. The second-order valence-corrected chi connectivity index (χ2v) is 4.94. The summed E-state index contributed by atoms with van der Waals surface area (Å²) in [6, 6.07) is 15.0. The minimum atomic E-state index is 0.00139. The predicted molar refractivity (Wildman–Crippen MR) is 85.4 cm³/mol. The standard InChI is InChI=1S/C17H20N2O2/c1-13-4-2-5-15(12-13)19-17(20)6-3-11-21-16-9-7-14(18)8-10-16/h2,4-5,7-10,12H,3,6,11,18H2,1H3,(H,19,20). The quantitative estimate of drug-likeness (QED) is 0.631. The zero-order valence-corrected chi connectivity index (χ0v) is 12.1. The Morgan fingerprint density at radius 1 is 1.19 bits per heavy atom. The van der Waals surface area contributed by atoms with Crippen LogP contribution >= 0.6 is 0 Å². The smallest absolute Gasteiger partial charge is 0.224 e. The monoisotopic (exact) mass is 284 g/mol. The van der Waals surface area contributed by atoms with E-state index in [0.717, 1.165) is 17.0 Å². The molecule has 0 bridgehead atoms. The van der Waals surface area contributed by atoms with Crippen molar-refractivity contribution in [2.45, 2.75) is 19.8 Å². The summed E-state index contributed by atoms with van der Waals surface area (Å²) >= 11 is 0. The molecule has 0 unspecified atom stereocenters. The van der Waals surface area contributed by atoms with Gasteiger partial charge in [-0.1, -0.05) is 12.1 Å². The van der Waals surface area contributed by atoms with Crippen LogP contribution in [0.1, 0.15) is 18.4 Å². The molecule has 2 aromatic carbocycles. The van der Waals surface area contributed by atoms with Gasteiger partial charge in [-0.15, -0.1) is 0 Å². The summed E-state index contributed by atoms with van der Waals surface area (Å²) in [5.41, 5.74) is 8.26. The van der Waals surface area contributed by atoms with E-state index >= 15 is 0 Å². The van der Waals surface area contributed by atoms with Gasteiger partial charge in [0.25, 0.3) is 0 Å². The van der Waals surface area contributed by atoms with E-state index in [1.807, 2.05) is 43.3 Å². The molecule has 0 spiro atoms. The lowest BCUT2D eigenvalue weighted by atomic mass is 10.2. The topological polar surface area (TPSA) is 64.3 Å². The first-order chi connectivity index (χ1) is 10.1. The van der Waals surface area contributed by atoms with Crippen LogP contribution in [-0.2, 0) is 4.79 Å². The Morgan fingerprint density at radius 3 is 2.67 bits per heavy atom. The van der Waals surface area contributed by atoms with Crippen molar-refractivity contribution in [1.29, 1.82) is 0 Å². The highest BCUT2D eigenvalue weighted by molar-refractivity contribution is 5.90. The SMILES string of the molecule is Cc1cccc(NC(=O)CCCOc2ccc(N)cc2)c1. The Morgan fingerprint density at radius 2 is 1.95 bits per heavy atom. The molecule has 110 valence electrons. The van der Waals surface area contributed by atoms with Crippen LogP contribution in [0.15, 0.2) is 48.5 Å². The molecule has 0 radical (unpaired) electrons. The Labute approximate surface area is 124 Å². The first kappa shape index (κ1) is 14.9. The van der Waals surface area contributed by atoms with Crippen LogP contribution in [0.2, 0.25) is 0 Å². The molecule has 2 rings (SSSR count). The predicted octanol–water partition coefficient (Wildman–Crippen LogP) is 3.37. The van der Waals surface area contributed by atoms with E-state index in [2.05, 4.69) is 5.32 Å². The number of rotatable bonds is 6. The summed E-state index contributed by atoms with van der Waals surface area (Å²) in [7, 11) is 0. The molecule has 4 nitrogen and oxygen atoms in total. The number of carbonyl (C=O) groups excluding carboxylic acids is 1. The van der Waals surface area contributed by atoms with Gasteiger partial charge in [0.15, 0.2) is 0 Å². The molecule has 2 aromatic rings. The van der Waals surface area contributed by atoms with Gasteiger partial charge in [0.1, 0.15) is 5.75 Å². The van der Waals surface area contributed by atoms with E-state index in [9.17, 15) is 4.79 Å². The van der Waals surface area contributed by atoms with Crippen molar-refractivity contribution in [3.8, 4) is 5.75 Å². The fourth-order valence-electron chi connectivity index (χ4n) is 1.93. The summed E-state index contributed by atoms with van der Waals surface area (Å²) in [6.07, 6.45) is 1.10. The highest BCUT2D eigenvalue weighted by atomic mass is 16.5. The fraction of sp³-hybridized carbons (Fsp3) is 0.235. The summed E-state index contributed by atoms with van der Waals surface area (Å²) in [4.78, 5) is 11.8. The van der Waals surface area contributed by atoms with Crippen molar-refractivity contribution in [2.75, 3.05) is 17.7 Å². The number of carbonyl (C=O) groups is 1. The zero-order chi connectivity index (χ0) is 15.1. The first-order valence-electron chi connectivity index (χ1n) is 6.98. The summed E-state index contributed by atoms with van der Waals surface area (Å²) in [5, 5.41) is 2.88. The van der Waals surface area contributed by atoms with Crippen molar-refractivity contribution in [1.82, 2.24) is 0 Å². The Bertz CT molecular complexity index is 594. The summed E-state index contributed by atoms with van der Waals surface area (Å²) < 4.78 is 5.55. The van der Waals surface area contributed by atoms with Crippen molar-refractivity contribution >= 4 is 17.3 Å². The molecule has 0 aliphatic rings. The molecular formula is C17H20N2O2. The van der Waals surface area contributed by atoms with E-state index in [0.29, 0.717) is 25.1 Å². The normalized spacial score (nSPS) is 10.1. The number of ether oxygens (including phenoxy) is 1. The maximum Gasteiger partial charge on any atom is 0.224 e. The number of amides is 1. The van der Waals surface area contributed by atoms with Crippen LogP contribution in [0, 0.1) is 6.92 Å². The first-order valence-corrected chi connectivity index (χ1v) is 6.98. The molecule has 0 heterocycles. The lowest BCUT2D eigenvalue weighted by Gasteiger charge is -2.07. The Hall–Kier alpha value is -2.49. The second-order valence-electron chi connectivity index (χ2n) is 4.94. The fourth-order valence-corrected chi connectivity index (χ4v) is 1.93. The molecule has 4 heteroatoms. The molecule has 3 N–H and O–H groups in total. The molecule has 0 saturated carbocycles. The van der Waals surface area contributed by atoms with E-state index in [4.69, 9.17) is 10.5 Å². The number of hydrogen-bond acceptors (Lipinski definition) is 3. The van der Waals surface area contributed by atoms with Crippen molar-refractivity contribution < 1.29 is 9.53 Å². The minimum absolute atomic E-state index is 0.00139. The van der Waals surface area contributed by atoms with E-state index < -0.39 is 0 Å². The largest absolute Gasteiger partial charge is 0.494 e. The highest BCUT2D eigenvalue weighted by Crippen LogP contribution is 2.14. The van der Waals surface area contributed by atoms with Gasteiger partial charge >= 0.3 is 0 Å². The average Bonchev–Trinajstić information content (AvgIpc) is 2.45. The molecule has 0 aromatic heterocycles. The minimum Gasteiger partial charge on any atom is -0.494 e. The van der Waals surface area contributed by atoms with Crippen LogP contribution in [0.25, 0.3) is 0 Å². The van der Waals surface area contributed by atoms with Gasteiger partial charge in [0, 0.05) is 17.8 Å². The number of nitrogens with one attached hydrogen (secondary N) is 1. The van der Waals surface area contributed by atoms with Crippen LogP contribution < -0.4 is 15.8 Å². The van der Waals surface area contributed by atoms with Gasteiger partial charge in [-0.05, 0) is 55.3 Å². The van der Waals surface area contributed by atoms with Crippen LogP contribution in [0.4, 0.5) is 11.4 Å². The van der Waals surface area contributed by atoms with Crippen molar-refractivity contribution in [2.24, 2.45) is 0 Å². The lowest BCUT2D eigenvalue weighted by Crippen LogP contribution is -2.12. The van der Waals surface area contributed by atoms with Crippen LogP contribution in [0.5, 0.6) is 5.75 Å². The van der Waals surface area contributed by atoms with Crippen LogP contribution in [-0.4, -0.2) is 12.5 Å². The maximum atomic E-state index is 11.8. The van der Waals surface area contributed by atoms with Gasteiger partial charge in [0.05, 0.1) is 6.61 Å². The van der Waals surface area contributed by atoms with Gasteiger partial charge in [-0.2, -0.15) is 0 Å². The molecule has 0 saturated heterocycles. The van der Waals surface area contributed by atoms with E-state index in [-0.39, 0.29) is 5.91 Å². The highest BCUT2D eigenvalue weighted by Gasteiger charge is 2.03. The molecule has 1 amide bonds. The van der Waals surface area contributed by atoms with Gasteiger partial charge < -0.3 is 15.8 Å².